The van der Waals surface area contributed by atoms with Crippen molar-refractivity contribution in [3.63, 3.8) is 0 Å². The summed E-state index contributed by atoms with van der Waals surface area (Å²) in [7, 11) is 2.80. The number of benzene rings is 2. The molecular formula is C27H25ClF2N2O6S. The van der Waals surface area contributed by atoms with Gasteiger partial charge < -0.3 is 18.9 Å². The van der Waals surface area contributed by atoms with Gasteiger partial charge in [-0.25, -0.2) is 9.79 Å². The van der Waals surface area contributed by atoms with E-state index in [1.54, 1.807) is 45.0 Å². The number of nitrogens with zero attached hydrogens (tertiary/aromatic N) is 2. The average molecular weight is 579 g/mol. The zero-order chi connectivity index (χ0) is 28.4. The lowest BCUT2D eigenvalue weighted by Gasteiger charge is -2.26. The molecule has 0 amide bonds. The van der Waals surface area contributed by atoms with Crippen molar-refractivity contribution in [3.05, 3.63) is 83.5 Å². The van der Waals surface area contributed by atoms with Crippen LogP contribution in [0.4, 0.5) is 8.78 Å². The summed E-state index contributed by atoms with van der Waals surface area (Å²) >= 11 is 7.43. The first kappa shape index (κ1) is 28.3. The van der Waals surface area contributed by atoms with Gasteiger partial charge in [-0.2, -0.15) is 8.78 Å². The van der Waals surface area contributed by atoms with Crippen molar-refractivity contribution in [2.24, 2.45) is 4.99 Å². The highest BCUT2D eigenvalue weighted by atomic mass is 35.5. The average Bonchev–Trinajstić information content (AvgIpc) is 3.17. The molecule has 1 aliphatic heterocycles. The molecular weight excluding hydrogens is 554 g/mol. The Morgan fingerprint density at radius 3 is 2.44 bits per heavy atom. The monoisotopic (exact) mass is 578 g/mol. The second-order valence-electron chi connectivity index (χ2n) is 8.71. The molecule has 0 bridgehead atoms. The van der Waals surface area contributed by atoms with Crippen LogP contribution in [0.25, 0.3) is 6.08 Å². The number of aromatic nitrogens is 1. The van der Waals surface area contributed by atoms with Crippen LogP contribution in [0.3, 0.4) is 0 Å². The van der Waals surface area contributed by atoms with Crippen LogP contribution in [0.15, 0.2) is 57.5 Å². The van der Waals surface area contributed by atoms with Crippen molar-refractivity contribution < 1.29 is 32.5 Å². The topological polar surface area (TPSA) is 88.4 Å². The highest BCUT2D eigenvalue weighted by molar-refractivity contribution is 7.07. The fourth-order valence-electron chi connectivity index (χ4n) is 4.19. The van der Waals surface area contributed by atoms with Crippen molar-refractivity contribution in [1.29, 1.82) is 0 Å². The number of esters is 1. The zero-order valence-corrected chi connectivity index (χ0v) is 23.2. The van der Waals surface area contributed by atoms with E-state index in [9.17, 15) is 18.4 Å². The Morgan fingerprint density at radius 1 is 1.10 bits per heavy atom. The van der Waals surface area contributed by atoms with Gasteiger partial charge in [-0.3, -0.25) is 9.36 Å². The molecule has 0 saturated carbocycles. The van der Waals surface area contributed by atoms with Crippen molar-refractivity contribution in [2.75, 3.05) is 14.2 Å². The van der Waals surface area contributed by atoms with E-state index in [4.69, 9.17) is 25.8 Å². The number of alkyl halides is 2. The molecule has 0 unspecified atom stereocenters. The SMILES string of the molecule is COc1cc(/C=c2\sc3n(c2=O)[C@@H](c2cc(Cl)ccc2OC)C(C(=O)OC(C)C)=C(C)N=3)ccc1OC(F)F. The normalized spacial score (nSPS) is 15.3. The van der Waals surface area contributed by atoms with Crippen LogP contribution < -0.4 is 29.1 Å². The van der Waals surface area contributed by atoms with E-state index in [1.165, 1.54) is 37.0 Å². The van der Waals surface area contributed by atoms with Crippen LogP contribution in [0.2, 0.25) is 5.02 Å². The van der Waals surface area contributed by atoms with Crippen LogP contribution >= 0.6 is 22.9 Å². The predicted octanol–water partition coefficient (Wildman–Crippen LogP) is 4.46. The van der Waals surface area contributed by atoms with E-state index in [0.29, 0.717) is 32.4 Å². The van der Waals surface area contributed by atoms with E-state index in [-0.39, 0.29) is 21.6 Å². The molecule has 12 heteroatoms. The first-order valence-corrected chi connectivity index (χ1v) is 12.9. The molecule has 39 heavy (non-hydrogen) atoms. The number of hydrogen-bond acceptors (Lipinski definition) is 8. The summed E-state index contributed by atoms with van der Waals surface area (Å²) in [5, 5.41) is 0.386. The molecule has 1 aliphatic rings. The van der Waals surface area contributed by atoms with Crippen LogP contribution in [-0.2, 0) is 9.53 Å². The number of ether oxygens (including phenoxy) is 4. The molecule has 2 heterocycles. The molecule has 0 saturated heterocycles. The van der Waals surface area contributed by atoms with E-state index in [2.05, 4.69) is 9.73 Å². The van der Waals surface area contributed by atoms with Crippen molar-refractivity contribution in [2.45, 2.75) is 39.5 Å². The number of thiazole rings is 1. The largest absolute Gasteiger partial charge is 0.496 e. The van der Waals surface area contributed by atoms with E-state index < -0.39 is 30.3 Å². The minimum Gasteiger partial charge on any atom is -0.496 e. The number of allylic oxidation sites excluding steroid dienone is 1. The first-order valence-electron chi connectivity index (χ1n) is 11.7. The molecule has 0 aliphatic carbocycles. The third-order valence-corrected chi connectivity index (χ3v) is 6.99. The first-order chi connectivity index (χ1) is 18.5. The Bertz CT molecular complexity index is 1630. The Labute approximate surface area is 231 Å². The molecule has 206 valence electrons. The van der Waals surface area contributed by atoms with Gasteiger partial charge in [-0.15, -0.1) is 0 Å². The summed E-state index contributed by atoms with van der Waals surface area (Å²) in [6.07, 6.45) is 1.17. The molecule has 0 radical (unpaired) electrons. The fourth-order valence-corrected chi connectivity index (χ4v) is 5.42. The van der Waals surface area contributed by atoms with Gasteiger partial charge in [0.25, 0.3) is 5.56 Å². The second kappa shape index (κ2) is 11.6. The van der Waals surface area contributed by atoms with Crippen molar-refractivity contribution >= 4 is 35.0 Å². The summed E-state index contributed by atoms with van der Waals surface area (Å²) in [6, 6.07) is 8.33. The minimum absolute atomic E-state index is 0.0768. The number of methoxy groups -OCH3 is 2. The van der Waals surface area contributed by atoms with Crippen LogP contribution in [0.1, 0.15) is 37.9 Å². The van der Waals surface area contributed by atoms with Crippen molar-refractivity contribution in [3.8, 4) is 17.2 Å². The summed E-state index contributed by atoms with van der Waals surface area (Å²) < 4.78 is 47.8. The molecule has 1 aromatic heterocycles. The van der Waals surface area contributed by atoms with Gasteiger partial charge >= 0.3 is 12.6 Å². The third kappa shape index (κ3) is 5.84. The highest BCUT2D eigenvalue weighted by Crippen LogP contribution is 2.37. The molecule has 8 nitrogen and oxygen atoms in total. The van der Waals surface area contributed by atoms with E-state index in [1.807, 2.05) is 0 Å². The molecule has 0 fully saturated rings. The van der Waals surface area contributed by atoms with Gasteiger partial charge in [0.1, 0.15) is 11.8 Å². The molecule has 0 N–H and O–H groups in total. The summed E-state index contributed by atoms with van der Waals surface area (Å²) in [5.41, 5.74) is 1.12. The minimum atomic E-state index is -3.02. The smallest absolute Gasteiger partial charge is 0.387 e. The number of fused-ring (bicyclic) bond motifs is 1. The number of halogens is 3. The highest BCUT2D eigenvalue weighted by Gasteiger charge is 2.35. The van der Waals surface area contributed by atoms with Gasteiger partial charge in [0.05, 0.1) is 36.1 Å². The lowest BCUT2D eigenvalue weighted by molar-refractivity contribution is -0.143. The maximum Gasteiger partial charge on any atom is 0.387 e. The molecule has 2 aromatic carbocycles. The summed E-state index contributed by atoms with van der Waals surface area (Å²) in [5.74, 6) is -0.259. The third-order valence-electron chi connectivity index (χ3n) is 5.77. The maximum atomic E-state index is 13.8. The van der Waals surface area contributed by atoms with Crippen LogP contribution in [-0.4, -0.2) is 37.5 Å². The summed E-state index contributed by atoms with van der Waals surface area (Å²) in [6.45, 7) is 2.11. The van der Waals surface area contributed by atoms with Gasteiger partial charge in [-0.05, 0) is 62.7 Å². The van der Waals surface area contributed by atoms with E-state index in [0.717, 1.165) is 11.3 Å². The van der Waals surface area contributed by atoms with Gasteiger partial charge in [-0.1, -0.05) is 29.0 Å². The van der Waals surface area contributed by atoms with Crippen molar-refractivity contribution in [1.82, 2.24) is 4.57 Å². The Morgan fingerprint density at radius 2 is 1.79 bits per heavy atom. The van der Waals surface area contributed by atoms with Crippen LogP contribution in [0, 0.1) is 0 Å². The molecule has 0 spiro atoms. The Balaban J connectivity index is 1.94. The lowest BCUT2D eigenvalue weighted by Crippen LogP contribution is -2.40. The number of hydrogen-bond donors (Lipinski definition) is 0. The quantitative estimate of drug-likeness (QED) is 0.367. The zero-order valence-electron chi connectivity index (χ0n) is 21.7. The Kier molecular flexibility index (Phi) is 8.41. The predicted molar refractivity (Wildman–Crippen MR) is 143 cm³/mol. The number of carbonyl (C=O) groups excluding carboxylic acids is 1. The molecule has 3 aromatic rings. The molecule has 4 rings (SSSR count). The summed E-state index contributed by atoms with van der Waals surface area (Å²) in [4.78, 5) is 32.0. The van der Waals surface area contributed by atoms with Gasteiger partial charge in [0, 0.05) is 10.6 Å². The molecule has 1 atom stereocenters. The maximum absolute atomic E-state index is 13.8. The van der Waals surface area contributed by atoms with Gasteiger partial charge in [0.15, 0.2) is 16.3 Å². The van der Waals surface area contributed by atoms with Crippen LogP contribution in [0.5, 0.6) is 17.2 Å². The second-order valence-corrected chi connectivity index (χ2v) is 10.2. The number of carbonyl (C=O) groups is 1. The Hall–Kier alpha value is -3.70. The van der Waals surface area contributed by atoms with E-state index >= 15 is 0 Å². The lowest BCUT2D eigenvalue weighted by atomic mass is 9.95. The standard InChI is InChI=1S/C27H25ClF2N2O6S/c1-13(2)37-25(34)22-14(3)31-27-32(23(22)17-12-16(28)7-9-18(17)35-4)24(33)21(39-27)11-15-6-8-19(38-26(29)30)20(10-15)36-5/h6-13,23,26H,1-5H3/b21-11-/t23-/m0/s1. The fraction of sp³-hybridized carbons (Fsp3) is 0.296. The number of rotatable bonds is 8. The van der Waals surface area contributed by atoms with Gasteiger partial charge in [0.2, 0.25) is 0 Å².